The Morgan fingerprint density at radius 2 is 0.892 bits per heavy atom. The van der Waals surface area contributed by atoms with Crippen LogP contribution in [0.15, 0.2) is 249 Å². The molecule has 0 spiro atoms. The van der Waals surface area contributed by atoms with Crippen molar-refractivity contribution < 1.29 is 0 Å². The molecule has 1 heterocycles. The highest BCUT2D eigenvalue weighted by molar-refractivity contribution is 7.19. The summed E-state index contributed by atoms with van der Waals surface area (Å²) >= 11 is 0. The topological polar surface area (TPSA) is 8.17 Å². The van der Waals surface area contributed by atoms with E-state index in [-0.39, 0.29) is 5.41 Å². The van der Waals surface area contributed by atoms with Gasteiger partial charge in [0, 0.05) is 27.8 Å². The molecule has 2 nitrogen and oxygen atoms in total. The molecule has 0 saturated heterocycles. The summed E-state index contributed by atoms with van der Waals surface area (Å²) in [6.45, 7) is 6.91. The van der Waals surface area contributed by atoms with Crippen LogP contribution in [0.25, 0.3) is 49.4 Å². The van der Waals surface area contributed by atoms with E-state index in [1.807, 2.05) is 0 Å². The molecular formula is C62H50N2Si. The van der Waals surface area contributed by atoms with Gasteiger partial charge in [0.2, 0.25) is 0 Å². The quantitative estimate of drug-likeness (QED) is 0.104. The molecule has 0 bridgehead atoms. The van der Waals surface area contributed by atoms with E-state index < -0.39 is 8.07 Å². The molecule has 0 radical (unpaired) electrons. The minimum absolute atomic E-state index is 0.0314. The van der Waals surface area contributed by atoms with Gasteiger partial charge in [0.25, 0.3) is 0 Å². The first-order chi connectivity index (χ1) is 31.9. The predicted molar refractivity (Wildman–Crippen MR) is 281 cm³/mol. The molecule has 0 atom stereocenters. The average Bonchev–Trinajstić information content (AvgIpc) is 3.70. The van der Waals surface area contributed by atoms with E-state index in [2.05, 4.69) is 279 Å². The van der Waals surface area contributed by atoms with Gasteiger partial charge in [-0.05, 0) is 108 Å². The first-order valence-electron chi connectivity index (χ1n) is 22.7. The molecule has 0 aliphatic heterocycles. The van der Waals surface area contributed by atoms with Crippen LogP contribution in [-0.4, -0.2) is 12.6 Å². The summed E-state index contributed by atoms with van der Waals surface area (Å²) in [5, 5.41) is 10.4. The average molecular weight is 851 g/mol. The molecule has 0 saturated carbocycles. The zero-order valence-electron chi connectivity index (χ0n) is 37.1. The molecule has 0 N–H and O–H groups in total. The number of hydrogen-bond acceptors (Lipinski definition) is 1. The molecule has 0 aliphatic carbocycles. The molecule has 312 valence electrons. The van der Waals surface area contributed by atoms with Gasteiger partial charge in [-0.3, -0.25) is 0 Å². The van der Waals surface area contributed by atoms with Gasteiger partial charge in [0.1, 0.15) is 0 Å². The van der Waals surface area contributed by atoms with E-state index in [0.717, 1.165) is 22.7 Å². The summed E-state index contributed by atoms with van der Waals surface area (Å²) < 4.78 is 2.41. The minimum atomic E-state index is -2.84. The molecule has 10 aromatic carbocycles. The van der Waals surface area contributed by atoms with Gasteiger partial charge in [0.05, 0.1) is 16.7 Å². The van der Waals surface area contributed by atoms with E-state index in [1.165, 1.54) is 70.0 Å². The Bertz CT molecular complexity index is 3350. The summed E-state index contributed by atoms with van der Waals surface area (Å²) in [6, 6.07) is 92.3. The van der Waals surface area contributed by atoms with Crippen molar-refractivity contribution in [3.63, 3.8) is 0 Å². The number of aromatic nitrogens is 1. The van der Waals surface area contributed by atoms with Gasteiger partial charge >= 0.3 is 0 Å². The highest BCUT2D eigenvalue weighted by atomic mass is 28.3. The third-order valence-corrected chi connectivity index (χ3v) is 18.0. The van der Waals surface area contributed by atoms with Crippen molar-refractivity contribution in [2.45, 2.75) is 26.2 Å². The Hall–Kier alpha value is -7.72. The molecule has 0 amide bonds. The van der Waals surface area contributed by atoms with Crippen molar-refractivity contribution in [1.82, 2.24) is 4.57 Å². The lowest BCUT2D eigenvalue weighted by atomic mass is 9.82. The van der Waals surface area contributed by atoms with Crippen LogP contribution in [0.3, 0.4) is 0 Å². The number of rotatable bonds is 9. The van der Waals surface area contributed by atoms with Gasteiger partial charge < -0.3 is 9.47 Å². The summed E-state index contributed by atoms with van der Waals surface area (Å²) in [6.07, 6.45) is 0. The van der Waals surface area contributed by atoms with Crippen LogP contribution in [-0.2, 0) is 5.41 Å². The molecule has 65 heavy (non-hydrogen) atoms. The van der Waals surface area contributed by atoms with Crippen LogP contribution < -0.4 is 25.6 Å². The number of fused-ring (bicyclic) bond motifs is 4. The van der Waals surface area contributed by atoms with Crippen LogP contribution in [0.5, 0.6) is 0 Å². The zero-order valence-corrected chi connectivity index (χ0v) is 38.1. The normalized spacial score (nSPS) is 11.9. The number of para-hydroxylation sites is 2. The van der Waals surface area contributed by atoms with Gasteiger partial charge in [0.15, 0.2) is 8.07 Å². The van der Waals surface area contributed by atoms with E-state index in [4.69, 9.17) is 0 Å². The van der Waals surface area contributed by atoms with Crippen LogP contribution in [0.2, 0.25) is 0 Å². The molecular weight excluding hydrogens is 801 g/mol. The van der Waals surface area contributed by atoms with Gasteiger partial charge in [-0.15, -0.1) is 0 Å². The third-order valence-electron chi connectivity index (χ3n) is 13.3. The SMILES string of the molecule is CC(C)(C)c1ccc(-c2ccc(N(c3cccc([Si](c4ccccc4)(c4ccccc4)c4ccccc4)c3)c3cccc4c3c3ccccc3n4-c3ccccc3)cc2)c2ccccc12. The molecule has 11 rings (SSSR count). The first kappa shape index (κ1) is 40.1. The molecule has 0 aliphatic rings. The Morgan fingerprint density at radius 3 is 1.51 bits per heavy atom. The van der Waals surface area contributed by atoms with Crippen molar-refractivity contribution in [3.05, 3.63) is 254 Å². The lowest BCUT2D eigenvalue weighted by molar-refractivity contribution is 0.596. The van der Waals surface area contributed by atoms with Crippen molar-refractivity contribution in [2.75, 3.05) is 4.90 Å². The fourth-order valence-corrected chi connectivity index (χ4v) is 15.2. The summed E-state index contributed by atoms with van der Waals surface area (Å²) in [7, 11) is -2.84. The minimum Gasteiger partial charge on any atom is -0.310 e. The van der Waals surface area contributed by atoms with E-state index in [1.54, 1.807) is 0 Å². The second-order valence-corrected chi connectivity index (χ2v) is 21.9. The second-order valence-electron chi connectivity index (χ2n) is 18.1. The molecule has 0 unspecified atom stereocenters. The van der Waals surface area contributed by atoms with Crippen molar-refractivity contribution >= 4 is 78.5 Å². The summed E-state index contributed by atoms with van der Waals surface area (Å²) in [5.41, 5.74) is 10.7. The zero-order chi connectivity index (χ0) is 44.0. The number of nitrogens with zero attached hydrogens (tertiary/aromatic N) is 2. The molecule has 1 aromatic heterocycles. The van der Waals surface area contributed by atoms with Gasteiger partial charge in [-0.25, -0.2) is 0 Å². The van der Waals surface area contributed by atoms with Crippen LogP contribution >= 0.6 is 0 Å². The second kappa shape index (κ2) is 16.4. The maximum atomic E-state index is 2.50. The highest BCUT2D eigenvalue weighted by Gasteiger charge is 2.41. The fraction of sp³-hybridized carbons (Fsp3) is 0.0645. The van der Waals surface area contributed by atoms with Crippen LogP contribution in [0.1, 0.15) is 26.3 Å². The largest absolute Gasteiger partial charge is 0.310 e. The smallest absolute Gasteiger partial charge is 0.179 e. The number of anilines is 3. The van der Waals surface area contributed by atoms with E-state index in [9.17, 15) is 0 Å². The van der Waals surface area contributed by atoms with Crippen LogP contribution in [0.4, 0.5) is 17.1 Å². The summed E-state index contributed by atoms with van der Waals surface area (Å²) in [4.78, 5) is 2.50. The highest BCUT2D eigenvalue weighted by Crippen LogP contribution is 2.44. The van der Waals surface area contributed by atoms with E-state index >= 15 is 0 Å². The van der Waals surface area contributed by atoms with Crippen molar-refractivity contribution in [1.29, 1.82) is 0 Å². The molecule has 3 heteroatoms. The standard InChI is InChI=1S/C62H50N2Si/c1-62(2,3)57-43-42-53(54-32-16-17-33-55(54)57)45-38-40-47(41-39-45)63(59-36-21-37-60-61(59)56-34-18-19-35-58(56)64(60)46-22-8-4-9-23-46)48-24-20-31-52(44-48)65(49-25-10-5-11-26-49,50-27-12-6-13-28-50)51-29-14-7-15-30-51/h4-44H,1-3H3. The lowest BCUT2D eigenvalue weighted by Gasteiger charge is -2.35. The van der Waals surface area contributed by atoms with Crippen molar-refractivity contribution in [2.24, 2.45) is 0 Å². The molecule has 11 aromatic rings. The van der Waals surface area contributed by atoms with Gasteiger partial charge in [-0.2, -0.15) is 0 Å². The van der Waals surface area contributed by atoms with Crippen LogP contribution in [0, 0.1) is 0 Å². The third kappa shape index (κ3) is 6.88. The first-order valence-corrected chi connectivity index (χ1v) is 24.7. The lowest BCUT2D eigenvalue weighted by Crippen LogP contribution is -2.74. The van der Waals surface area contributed by atoms with E-state index in [0.29, 0.717) is 0 Å². The number of hydrogen-bond donors (Lipinski definition) is 0. The monoisotopic (exact) mass is 850 g/mol. The Morgan fingerprint density at radius 1 is 0.385 bits per heavy atom. The predicted octanol–water partition coefficient (Wildman–Crippen LogP) is 13.7. The number of benzene rings is 10. The Balaban J connectivity index is 1.17. The van der Waals surface area contributed by atoms with Gasteiger partial charge in [-0.1, -0.05) is 215 Å². The Labute approximate surface area is 383 Å². The molecule has 0 fully saturated rings. The fourth-order valence-electron chi connectivity index (χ4n) is 10.4. The maximum absolute atomic E-state index is 2.84. The Kier molecular flexibility index (Phi) is 10.1. The maximum Gasteiger partial charge on any atom is 0.179 e. The summed E-state index contributed by atoms with van der Waals surface area (Å²) in [5.74, 6) is 0. The van der Waals surface area contributed by atoms with Crippen molar-refractivity contribution in [3.8, 4) is 16.8 Å².